The average Bonchev–Trinajstić information content (AvgIpc) is 2.60. The number of thiophene rings is 1. The summed E-state index contributed by atoms with van der Waals surface area (Å²) < 4.78 is 1.10. The molecular weight excluding hydrogens is 282 g/mol. The largest absolute Gasteiger partial charge is 0.364 e. The molecule has 0 spiro atoms. The molecule has 0 aliphatic carbocycles. The maximum absolute atomic E-state index is 4.89. The van der Waals surface area contributed by atoms with E-state index in [2.05, 4.69) is 31.8 Å². The molecule has 0 radical (unpaired) electrons. The third-order valence-corrected chi connectivity index (χ3v) is 3.51. The van der Waals surface area contributed by atoms with Crippen molar-refractivity contribution in [2.45, 2.75) is 6.92 Å². The number of hydrogen-bond acceptors (Lipinski definition) is 3. The van der Waals surface area contributed by atoms with Crippen LogP contribution < -0.4 is 10.7 Å². The van der Waals surface area contributed by atoms with E-state index >= 15 is 0 Å². The zero-order valence-corrected chi connectivity index (χ0v) is 11.0. The predicted octanol–water partition coefficient (Wildman–Crippen LogP) is 2.33. The van der Waals surface area contributed by atoms with Crippen molar-refractivity contribution in [3.63, 3.8) is 0 Å². The third-order valence-electron chi connectivity index (χ3n) is 1.48. The topological polar surface area (TPSA) is 36.4 Å². The van der Waals surface area contributed by atoms with E-state index in [0.717, 1.165) is 14.4 Å². The van der Waals surface area contributed by atoms with E-state index in [9.17, 15) is 0 Å². The Morgan fingerprint density at radius 1 is 1.57 bits per heavy atom. The van der Waals surface area contributed by atoms with E-state index in [1.54, 1.807) is 18.4 Å². The molecule has 14 heavy (non-hydrogen) atoms. The van der Waals surface area contributed by atoms with Gasteiger partial charge in [-0.3, -0.25) is 5.43 Å². The number of nitrogens with one attached hydrogen (secondary N) is 2. The van der Waals surface area contributed by atoms with Crippen molar-refractivity contribution in [2.75, 3.05) is 7.05 Å². The Balaban J connectivity index is 2.65. The van der Waals surface area contributed by atoms with Gasteiger partial charge in [-0.25, -0.2) is 0 Å². The standard InChI is InChI=1S/C8H10BrN3S2/c1-5(11-12-8(13)10-2)6-3-4-7(9)14-6/h3-4H,1-2H3,(H2,10,12,13)/b11-5-. The van der Waals surface area contributed by atoms with Crippen molar-refractivity contribution in [3.05, 3.63) is 20.8 Å². The highest BCUT2D eigenvalue weighted by atomic mass is 79.9. The van der Waals surface area contributed by atoms with Crippen molar-refractivity contribution < 1.29 is 0 Å². The minimum Gasteiger partial charge on any atom is -0.364 e. The van der Waals surface area contributed by atoms with Crippen LogP contribution in [0, 0.1) is 0 Å². The van der Waals surface area contributed by atoms with Crippen molar-refractivity contribution in [1.29, 1.82) is 0 Å². The quantitative estimate of drug-likeness (QED) is 0.499. The first-order chi connectivity index (χ1) is 6.63. The van der Waals surface area contributed by atoms with Gasteiger partial charge in [0, 0.05) is 7.05 Å². The van der Waals surface area contributed by atoms with Gasteiger partial charge in [-0.1, -0.05) is 0 Å². The smallest absolute Gasteiger partial charge is 0.186 e. The van der Waals surface area contributed by atoms with Crippen LogP contribution in [-0.2, 0) is 0 Å². The van der Waals surface area contributed by atoms with Crippen molar-refractivity contribution in [2.24, 2.45) is 5.10 Å². The van der Waals surface area contributed by atoms with Crippen LogP contribution in [0.3, 0.4) is 0 Å². The van der Waals surface area contributed by atoms with Crippen molar-refractivity contribution in [1.82, 2.24) is 10.7 Å². The van der Waals surface area contributed by atoms with E-state index in [4.69, 9.17) is 12.2 Å². The average molecular weight is 292 g/mol. The molecule has 0 aromatic carbocycles. The second kappa shape index (κ2) is 5.43. The first-order valence-corrected chi connectivity index (χ1v) is 5.93. The number of hydrazone groups is 1. The summed E-state index contributed by atoms with van der Waals surface area (Å²) in [5.41, 5.74) is 3.65. The minimum absolute atomic E-state index is 0.514. The molecule has 3 nitrogen and oxygen atoms in total. The molecule has 0 atom stereocenters. The molecule has 1 aromatic heterocycles. The molecule has 1 heterocycles. The molecule has 0 aliphatic rings. The molecule has 0 saturated heterocycles. The van der Waals surface area contributed by atoms with Gasteiger partial charge in [0.1, 0.15) is 0 Å². The van der Waals surface area contributed by atoms with Crippen LogP contribution in [-0.4, -0.2) is 17.9 Å². The predicted molar refractivity (Wildman–Crippen MR) is 69.0 cm³/mol. The van der Waals surface area contributed by atoms with Crippen LogP contribution in [0.2, 0.25) is 0 Å². The highest BCUT2D eigenvalue weighted by Gasteiger charge is 2.00. The van der Waals surface area contributed by atoms with Crippen LogP contribution in [0.4, 0.5) is 0 Å². The van der Waals surface area contributed by atoms with Gasteiger partial charge in [0.15, 0.2) is 5.11 Å². The summed E-state index contributed by atoms with van der Waals surface area (Å²) >= 11 is 9.93. The summed E-state index contributed by atoms with van der Waals surface area (Å²) in [7, 11) is 1.75. The SMILES string of the molecule is CNC(=S)N/N=C(/C)c1ccc(Br)s1. The Bertz CT molecular complexity index is 359. The number of nitrogens with zero attached hydrogens (tertiary/aromatic N) is 1. The molecule has 0 amide bonds. The van der Waals surface area contributed by atoms with Crippen LogP contribution in [0.1, 0.15) is 11.8 Å². The lowest BCUT2D eigenvalue weighted by Crippen LogP contribution is -2.29. The summed E-state index contributed by atoms with van der Waals surface area (Å²) in [4.78, 5) is 1.11. The first kappa shape index (κ1) is 11.6. The molecule has 0 saturated carbocycles. The lowest BCUT2D eigenvalue weighted by Gasteiger charge is -2.01. The summed E-state index contributed by atoms with van der Waals surface area (Å²) in [6.07, 6.45) is 0. The van der Waals surface area contributed by atoms with Gasteiger partial charge in [0.2, 0.25) is 0 Å². The summed E-state index contributed by atoms with van der Waals surface area (Å²) in [6, 6.07) is 4.01. The second-order valence-corrected chi connectivity index (χ2v) is 5.36. The number of thiocarbonyl (C=S) groups is 1. The second-order valence-electron chi connectivity index (χ2n) is 2.49. The first-order valence-electron chi connectivity index (χ1n) is 3.91. The molecule has 0 aliphatic heterocycles. The Morgan fingerprint density at radius 3 is 2.79 bits per heavy atom. The summed E-state index contributed by atoms with van der Waals surface area (Å²) in [5.74, 6) is 0. The van der Waals surface area contributed by atoms with Crippen LogP contribution >= 0.6 is 39.5 Å². The maximum Gasteiger partial charge on any atom is 0.186 e. The zero-order valence-electron chi connectivity index (χ0n) is 7.80. The minimum atomic E-state index is 0.514. The molecule has 2 N–H and O–H groups in total. The molecule has 0 fully saturated rings. The van der Waals surface area contributed by atoms with Gasteiger partial charge in [-0.05, 0) is 47.2 Å². The fourth-order valence-electron chi connectivity index (χ4n) is 0.754. The lowest BCUT2D eigenvalue weighted by atomic mass is 10.3. The van der Waals surface area contributed by atoms with Crippen molar-refractivity contribution >= 4 is 50.3 Å². The van der Waals surface area contributed by atoms with Crippen LogP contribution in [0.25, 0.3) is 0 Å². The monoisotopic (exact) mass is 291 g/mol. The third kappa shape index (κ3) is 3.36. The van der Waals surface area contributed by atoms with Crippen molar-refractivity contribution in [3.8, 4) is 0 Å². The van der Waals surface area contributed by atoms with Crippen LogP contribution in [0.5, 0.6) is 0 Å². The van der Waals surface area contributed by atoms with E-state index in [1.165, 1.54) is 0 Å². The fraction of sp³-hybridized carbons (Fsp3) is 0.250. The molecule has 76 valence electrons. The van der Waals surface area contributed by atoms with E-state index < -0.39 is 0 Å². The number of rotatable bonds is 2. The van der Waals surface area contributed by atoms with E-state index in [0.29, 0.717) is 5.11 Å². The zero-order chi connectivity index (χ0) is 10.6. The Hall–Kier alpha value is -0.460. The Morgan fingerprint density at radius 2 is 2.29 bits per heavy atom. The highest BCUT2D eigenvalue weighted by molar-refractivity contribution is 9.11. The van der Waals surface area contributed by atoms with Gasteiger partial charge in [0.05, 0.1) is 14.4 Å². The molecule has 1 rings (SSSR count). The van der Waals surface area contributed by atoms with Gasteiger partial charge in [-0.15, -0.1) is 11.3 Å². The molecular formula is C8H10BrN3S2. The molecule has 1 aromatic rings. The molecule has 6 heteroatoms. The number of hydrogen-bond donors (Lipinski definition) is 2. The fourth-order valence-corrected chi connectivity index (χ4v) is 2.13. The Labute approximate surface area is 101 Å². The van der Waals surface area contributed by atoms with Crippen LogP contribution in [0.15, 0.2) is 21.0 Å². The molecule has 0 bridgehead atoms. The number of halogens is 1. The summed E-state index contributed by atoms with van der Waals surface area (Å²) in [6.45, 7) is 1.93. The normalized spacial score (nSPS) is 11.2. The van der Waals surface area contributed by atoms with E-state index in [1.807, 2.05) is 19.1 Å². The van der Waals surface area contributed by atoms with E-state index in [-0.39, 0.29) is 0 Å². The van der Waals surface area contributed by atoms with Gasteiger partial charge in [-0.2, -0.15) is 5.10 Å². The van der Waals surface area contributed by atoms with Gasteiger partial charge in [0.25, 0.3) is 0 Å². The van der Waals surface area contributed by atoms with Gasteiger partial charge < -0.3 is 5.32 Å². The van der Waals surface area contributed by atoms with Gasteiger partial charge >= 0.3 is 0 Å². The lowest BCUT2D eigenvalue weighted by molar-refractivity contribution is 0.975. The maximum atomic E-state index is 4.89. The molecule has 0 unspecified atom stereocenters. The Kier molecular flexibility index (Phi) is 4.50. The summed E-state index contributed by atoms with van der Waals surface area (Å²) in [5, 5.41) is 7.43. The highest BCUT2D eigenvalue weighted by Crippen LogP contribution is 2.22.